The normalized spacial score (nSPS) is 11.9. The van der Waals surface area contributed by atoms with Gasteiger partial charge in [-0.2, -0.15) is 5.10 Å². The summed E-state index contributed by atoms with van der Waals surface area (Å²) in [6.07, 6.45) is 8.66. The second-order valence-electron chi connectivity index (χ2n) is 8.18. The summed E-state index contributed by atoms with van der Waals surface area (Å²) < 4.78 is 31.3. The molecule has 0 bridgehead atoms. The van der Waals surface area contributed by atoms with Crippen LogP contribution in [0.4, 0.5) is 0 Å². The Morgan fingerprint density at radius 2 is 1.79 bits per heavy atom. The van der Waals surface area contributed by atoms with E-state index in [1.807, 2.05) is 19.3 Å². The lowest BCUT2D eigenvalue weighted by atomic mass is 10.1. The summed E-state index contributed by atoms with van der Waals surface area (Å²) in [6, 6.07) is 10.6. The number of pyridine rings is 1. The molecular weight excluding hydrogens is 452 g/mol. The van der Waals surface area contributed by atoms with Gasteiger partial charge in [-0.15, -0.1) is 0 Å². The predicted molar refractivity (Wildman–Crippen MR) is 130 cm³/mol. The summed E-state index contributed by atoms with van der Waals surface area (Å²) in [7, 11) is -0.0109. The summed E-state index contributed by atoms with van der Waals surface area (Å²) in [4.78, 5) is 22.1. The highest BCUT2D eigenvalue weighted by Crippen LogP contribution is 2.22. The van der Waals surface area contributed by atoms with E-state index in [-0.39, 0.29) is 17.7 Å². The van der Waals surface area contributed by atoms with Gasteiger partial charge < -0.3 is 4.57 Å². The molecule has 5 aromatic rings. The number of nitrogens with zero attached hydrogens (tertiary/aromatic N) is 5. The van der Waals surface area contributed by atoms with E-state index >= 15 is 0 Å². The van der Waals surface area contributed by atoms with Crippen LogP contribution in [0, 0.1) is 0 Å². The Morgan fingerprint density at radius 3 is 2.53 bits per heavy atom. The summed E-state index contributed by atoms with van der Waals surface area (Å²) in [5.41, 5.74) is 2.54. The molecular formula is C24H22N6O3S. The second-order valence-corrected chi connectivity index (χ2v) is 9.98. The Labute approximate surface area is 195 Å². The number of sulfonamides is 1. The number of aromatic nitrogens is 5. The Bertz CT molecular complexity index is 1710. The largest absolute Gasteiger partial charge is 0.337 e. The Hall–Kier alpha value is -3.89. The smallest absolute Gasteiger partial charge is 0.216 e. The van der Waals surface area contributed by atoms with E-state index in [1.54, 1.807) is 71.4 Å². The fourth-order valence-corrected chi connectivity index (χ4v) is 4.95. The molecule has 0 unspecified atom stereocenters. The minimum atomic E-state index is -3.64. The predicted octanol–water partition coefficient (Wildman–Crippen LogP) is 2.50. The topological polar surface area (TPSA) is 112 Å². The van der Waals surface area contributed by atoms with Gasteiger partial charge in [-0.1, -0.05) is 18.2 Å². The minimum Gasteiger partial charge on any atom is -0.337 e. The maximum absolute atomic E-state index is 13.5. The third-order valence-electron chi connectivity index (χ3n) is 5.71. The quantitative estimate of drug-likeness (QED) is 0.405. The van der Waals surface area contributed by atoms with E-state index < -0.39 is 10.0 Å². The van der Waals surface area contributed by atoms with Crippen LogP contribution < -0.4 is 10.2 Å². The molecule has 0 spiro atoms. The fourth-order valence-electron chi connectivity index (χ4n) is 3.88. The Kier molecular flexibility index (Phi) is 5.46. The number of aryl methyl sites for hydroxylation is 2. The molecule has 0 amide bonds. The van der Waals surface area contributed by atoms with Gasteiger partial charge in [0.1, 0.15) is 5.82 Å². The van der Waals surface area contributed by atoms with Gasteiger partial charge in [0.05, 0.1) is 24.0 Å². The third-order valence-corrected chi connectivity index (χ3v) is 7.01. The van der Waals surface area contributed by atoms with Crippen molar-refractivity contribution in [3.63, 3.8) is 0 Å². The highest BCUT2D eigenvalue weighted by molar-refractivity contribution is 7.88. The molecule has 0 saturated heterocycles. The van der Waals surface area contributed by atoms with Crippen molar-refractivity contribution in [3.05, 3.63) is 89.0 Å². The molecule has 2 aromatic carbocycles. The van der Waals surface area contributed by atoms with Crippen LogP contribution in [0.5, 0.6) is 0 Å². The zero-order valence-corrected chi connectivity index (χ0v) is 19.5. The average molecular weight is 475 g/mol. The average Bonchev–Trinajstić information content (AvgIpc) is 3.40. The zero-order valence-electron chi connectivity index (χ0n) is 18.6. The van der Waals surface area contributed by atoms with Crippen LogP contribution >= 0.6 is 0 Å². The number of rotatable bonds is 6. The molecule has 172 valence electrons. The molecule has 0 atom stereocenters. The number of imidazole rings is 1. The molecule has 0 aliphatic rings. The van der Waals surface area contributed by atoms with Crippen LogP contribution in [0.1, 0.15) is 11.4 Å². The van der Waals surface area contributed by atoms with Crippen molar-refractivity contribution in [2.75, 3.05) is 0 Å². The lowest BCUT2D eigenvalue weighted by Crippen LogP contribution is -2.26. The number of benzene rings is 1. The first-order valence-electron chi connectivity index (χ1n) is 10.6. The fraction of sp³-hybridized carbons (Fsp3) is 0.167. The summed E-state index contributed by atoms with van der Waals surface area (Å²) in [5, 5.41) is 5.80. The molecule has 0 aliphatic heterocycles. The Morgan fingerprint density at radius 1 is 0.971 bits per heavy atom. The van der Waals surface area contributed by atoms with E-state index in [4.69, 9.17) is 0 Å². The molecule has 5 rings (SSSR count). The third kappa shape index (κ3) is 4.33. The van der Waals surface area contributed by atoms with E-state index in [1.165, 1.54) is 0 Å². The first-order valence-corrected chi connectivity index (χ1v) is 12.2. The van der Waals surface area contributed by atoms with Gasteiger partial charge in [0.15, 0.2) is 5.43 Å². The molecule has 9 nitrogen and oxygen atoms in total. The zero-order chi connectivity index (χ0) is 23.9. The standard InChI is InChI=1S/C24H22N6O3S/c1-29-8-7-25-23(29)13-28-34(32,33)15-16-3-4-17-5-6-22-21(24(31)20(17)9-16)10-18(11-26-22)19-12-27-30(2)14-19/h3-12,14,28H,13,15H2,1-2H3. The summed E-state index contributed by atoms with van der Waals surface area (Å²) >= 11 is 0. The summed E-state index contributed by atoms with van der Waals surface area (Å²) in [5.74, 6) is 0.363. The van der Waals surface area contributed by atoms with Crippen LogP contribution in [0.15, 0.2) is 72.2 Å². The first-order chi connectivity index (χ1) is 16.3. The van der Waals surface area contributed by atoms with Crippen LogP contribution in [0.2, 0.25) is 0 Å². The van der Waals surface area contributed by atoms with Crippen LogP contribution in [0.25, 0.3) is 32.8 Å². The molecule has 10 heteroatoms. The Balaban J connectivity index is 1.52. The number of hydrogen-bond acceptors (Lipinski definition) is 6. The molecule has 3 heterocycles. The van der Waals surface area contributed by atoms with Crippen LogP contribution in [-0.2, 0) is 36.4 Å². The van der Waals surface area contributed by atoms with Crippen molar-refractivity contribution >= 4 is 31.7 Å². The van der Waals surface area contributed by atoms with Gasteiger partial charge in [0.25, 0.3) is 0 Å². The van der Waals surface area contributed by atoms with E-state index in [2.05, 4.69) is 19.8 Å². The number of hydrogen-bond donors (Lipinski definition) is 1. The second kappa shape index (κ2) is 8.47. The van der Waals surface area contributed by atoms with E-state index in [9.17, 15) is 13.2 Å². The van der Waals surface area contributed by atoms with Gasteiger partial charge in [0.2, 0.25) is 10.0 Å². The van der Waals surface area contributed by atoms with Crippen LogP contribution in [0.3, 0.4) is 0 Å². The van der Waals surface area contributed by atoms with Gasteiger partial charge in [0, 0.05) is 60.8 Å². The van der Waals surface area contributed by atoms with Crippen molar-refractivity contribution in [3.8, 4) is 11.1 Å². The monoisotopic (exact) mass is 474 g/mol. The highest BCUT2D eigenvalue weighted by Gasteiger charge is 2.14. The summed E-state index contributed by atoms with van der Waals surface area (Å²) in [6.45, 7) is 0.0919. The highest BCUT2D eigenvalue weighted by atomic mass is 32.2. The van der Waals surface area contributed by atoms with E-state index in [0.29, 0.717) is 33.1 Å². The lowest BCUT2D eigenvalue weighted by molar-refractivity contribution is 0.576. The molecule has 0 saturated carbocycles. The van der Waals surface area contributed by atoms with E-state index in [0.717, 1.165) is 11.1 Å². The lowest BCUT2D eigenvalue weighted by Gasteiger charge is -2.07. The van der Waals surface area contributed by atoms with Gasteiger partial charge >= 0.3 is 0 Å². The molecule has 34 heavy (non-hydrogen) atoms. The molecule has 3 aromatic heterocycles. The first kappa shape index (κ1) is 21.9. The number of nitrogens with one attached hydrogen (secondary N) is 1. The van der Waals surface area contributed by atoms with Crippen molar-refractivity contribution in [2.45, 2.75) is 12.3 Å². The van der Waals surface area contributed by atoms with Crippen molar-refractivity contribution in [1.29, 1.82) is 0 Å². The molecule has 0 radical (unpaired) electrons. The number of fused-ring (bicyclic) bond motifs is 2. The SMILES string of the molecule is Cn1cc(-c2cnc3ccc4ccc(CS(=O)(=O)NCc5nccn5C)cc4c(=O)c3c2)cn1. The molecule has 0 fully saturated rings. The van der Waals surface area contributed by atoms with Gasteiger partial charge in [-0.05, 0) is 29.1 Å². The maximum atomic E-state index is 13.5. The van der Waals surface area contributed by atoms with Crippen molar-refractivity contribution in [1.82, 2.24) is 29.0 Å². The van der Waals surface area contributed by atoms with Crippen LogP contribution in [-0.4, -0.2) is 32.7 Å². The van der Waals surface area contributed by atoms with Gasteiger partial charge in [-0.25, -0.2) is 18.1 Å². The molecule has 0 aliphatic carbocycles. The van der Waals surface area contributed by atoms with Crippen molar-refractivity contribution in [2.24, 2.45) is 14.1 Å². The minimum absolute atomic E-state index is 0.0919. The van der Waals surface area contributed by atoms with Crippen molar-refractivity contribution < 1.29 is 8.42 Å². The molecule has 1 N–H and O–H groups in total. The maximum Gasteiger partial charge on any atom is 0.216 e. The van der Waals surface area contributed by atoms with Gasteiger partial charge in [-0.3, -0.25) is 14.5 Å².